The molecule has 6 heteroatoms. The first-order valence-corrected chi connectivity index (χ1v) is 8.13. The highest BCUT2D eigenvalue weighted by Crippen LogP contribution is 2.25. The largest absolute Gasteiger partial charge is 0.381 e. The SMILES string of the molecule is O=C(CNC(=O)c1cccc(C2CCOC2)c1)Nc1ccc(F)cc1. The summed E-state index contributed by atoms with van der Waals surface area (Å²) in [5.41, 5.74) is 2.06. The van der Waals surface area contributed by atoms with Crippen molar-refractivity contribution in [2.45, 2.75) is 12.3 Å². The zero-order valence-corrected chi connectivity index (χ0v) is 13.6. The second-order valence-corrected chi connectivity index (χ2v) is 5.92. The Kier molecular flexibility index (Phi) is 5.40. The second kappa shape index (κ2) is 7.90. The fraction of sp³-hybridized carbons (Fsp3) is 0.263. The van der Waals surface area contributed by atoms with Crippen LogP contribution in [-0.4, -0.2) is 31.6 Å². The number of ether oxygens (including phenoxy) is 1. The summed E-state index contributed by atoms with van der Waals surface area (Å²) in [7, 11) is 0. The Morgan fingerprint density at radius 2 is 1.96 bits per heavy atom. The van der Waals surface area contributed by atoms with Gasteiger partial charge in [0.1, 0.15) is 5.82 Å². The molecule has 0 aliphatic carbocycles. The molecule has 0 saturated carbocycles. The molecule has 1 unspecified atom stereocenters. The van der Waals surface area contributed by atoms with Gasteiger partial charge >= 0.3 is 0 Å². The molecular formula is C19H19FN2O3. The first kappa shape index (κ1) is 17.1. The van der Waals surface area contributed by atoms with E-state index >= 15 is 0 Å². The summed E-state index contributed by atoms with van der Waals surface area (Å²) in [6.45, 7) is 1.25. The Bertz CT molecular complexity index is 756. The quantitative estimate of drug-likeness (QED) is 0.878. The summed E-state index contributed by atoms with van der Waals surface area (Å²) in [6.07, 6.45) is 0.950. The van der Waals surface area contributed by atoms with Crippen molar-refractivity contribution in [3.63, 3.8) is 0 Å². The van der Waals surface area contributed by atoms with E-state index in [0.717, 1.165) is 18.6 Å². The number of carbonyl (C=O) groups excluding carboxylic acids is 2. The zero-order chi connectivity index (χ0) is 17.6. The Morgan fingerprint density at radius 1 is 1.16 bits per heavy atom. The molecule has 0 radical (unpaired) electrons. The lowest BCUT2D eigenvalue weighted by molar-refractivity contribution is -0.115. The Morgan fingerprint density at radius 3 is 2.68 bits per heavy atom. The zero-order valence-electron chi connectivity index (χ0n) is 13.6. The molecule has 1 saturated heterocycles. The van der Waals surface area contributed by atoms with Crippen molar-refractivity contribution in [3.05, 3.63) is 65.5 Å². The van der Waals surface area contributed by atoms with Crippen LogP contribution in [0.1, 0.15) is 28.3 Å². The average Bonchev–Trinajstić information content (AvgIpc) is 3.16. The Balaban J connectivity index is 1.54. The lowest BCUT2D eigenvalue weighted by Gasteiger charge is -2.10. The van der Waals surface area contributed by atoms with Crippen LogP contribution in [0.3, 0.4) is 0 Å². The van der Waals surface area contributed by atoms with E-state index in [2.05, 4.69) is 10.6 Å². The van der Waals surface area contributed by atoms with Crippen LogP contribution >= 0.6 is 0 Å². The third-order valence-electron chi connectivity index (χ3n) is 4.09. The molecule has 2 amide bonds. The van der Waals surface area contributed by atoms with Crippen molar-refractivity contribution in [3.8, 4) is 0 Å². The number of hydrogen-bond donors (Lipinski definition) is 2. The first-order valence-electron chi connectivity index (χ1n) is 8.13. The van der Waals surface area contributed by atoms with Gasteiger partial charge in [0.25, 0.3) is 5.91 Å². The number of rotatable bonds is 5. The maximum Gasteiger partial charge on any atom is 0.251 e. The van der Waals surface area contributed by atoms with Crippen molar-refractivity contribution in [1.29, 1.82) is 0 Å². The molecule has 1 aliphatic heterocycles. The molecule has 1 fully saturated rings. The van der Waals surface area contributed by atoms with Gasteiger partial charge in [0.05, 0.1) is 13.2 Å². The Labute approximate surface area is 145 Å². The maximum absolute atomic E-state index is 12.8. The lowest BCUT2D eigenvalue weighted by Crippen LogP contribution is -2.32. The first-order chi connectivity index (χ1) is 12.1. The van der Waals surface area contributed by atoms with Gasteiger partial charge in [0.15, 0.2) is 0 Å². The predicted molar refractivity (Wildman–Crippen MR) is 92.0 cm³/mol. The van der Waals surface area contributed by atoms with Gasteiger partial charge in [-0.25, -0.2) is 4.39 Å². The third-order valence-corrected chi connectivity index (χ3v) is 4.09. The topological polar surface area (TPSA) is 67.4 Å². The molecule has 130 valence electrons. The highest BCUT2D eigenvalue weighted by molar-refractivity contribution is 5.99. The van der Waals surface area contributed by atoms with Gasteiger partial charge in [-0.05, 0) is 48.4 Å². The van der Waals surface area contributed by atoms with Crippen molar-refractivity contribution in [1.82, 2.24) is 5.32 Å². The van der Waals surface area contributed by atoms with Crippen molar-refractivity contribution in [2.24, 2.45) is 0 Å². The normalized spacial score (nSPS) is 16.4. The van der Waals surface area contributed by atoms with E-state index in [1.54, 1.807) is 6.07 Å². The monoisotopic (exact) mass is 342 g/mol. The molecule has 3 rings (SSSR count). The molecular weight excluding hydrogens is 323 g/mol. The molecule has 1 aliphatic rings. The van der Waals surface area contributed by atoms with E-state index in [9.17, 15) is 14.0 Å². The minimum absolute atomic E-state index is 0.160. The van der Waals surface area contributed by atoms with Crippen LogP contribution in [0, 0.1) is 5.82 Å². The van der Waals surface area contributed by atoms with E-state index in [1.807, 2.05) is 18.2 Å². The highest BCUT2D eigenvalue weighted by atomic mass is 19.1. The van der Waals surface area contributed by atoms with Crippen LogP contribution < -0.4 is 10.6 Å². The summed E-state index contributed by atoms with van der Waals surface area (Å²) < 4.78 is 18.2. The van der Waals surface area contributed by atoms with Crippen LogP contribution in [0.5, 0.6) is 0 Å². The fourth-order valence-corrected chi connectivity index (χ4v) is 2.73. The summed E-state index contributed by atoms with van der Waals surface area (Å²) in [4.78, 5) is 24.1. The third kappa shape index (κ3) is 4.64. The maximum atomic E-state index is 12.8. The van der Waals surface area contributed by atoms with E-state index in [4.69, 9.17) is 4.74 Å². The number of hydrogen-bond acceptors (Lipinski definition) is 3. The molecule has 1 atom stereocenters. The Hall–Kier alpha value is -2.73. The van der Waals surface area contributed by atoms with Crippen LogP contribution in [0.15, 0.2) is 48.5 Å². The summed E-state index contributed by atoms with van der Waals surface area (Å²) in [5, 5.41) is 5.19. The van der Waals surface area contributed by atoms with E-state index < -0.39 is 0 Å². The van der Waals surface area contributed by atoms with Crippen LogP contribution in [0.4, 0.5) is 10.1 Å². The predicted octanol–water partition coefficient (Wildman–Crippen LogP) is 2.70. The molecule has 2 N–H and O–H groups in total. The molecule has 2 aromatic rings. The van der Waals surface area contributed by atoms with Gasteiger partial charge in [-0.15, -0.1) is 0 Å². The molecule has 0 aromatic heterocycles. The molecule has 5 nitrogen and oxygen atoms in total. The molecule has 2 aromatic carbocycles. The van der Waals surface area contributed by atoms with Gasteiger partial charge in [0.2, 0.25) is 5.91 Å². The van der Waals surface area contributed by atoms with Crippen molar-refractivity contribution in [2.75, 3.05) is 25.1 Å². The van der Waals surface area contributed by atoms with Crippen LogP contribution in [-0.2, 0) is 9.53 Å². The number of carbonyl (C=O) groups is 2. The van der Waals surface area contributed by atoms with Gasteiger partial charge in [-0.3, -0.25) is 9.59 Å². The lowest BCUT2D eigenvalue weighted by atomic mass is 9.96. The van der Waals surface area contributed by atoms with Gasteiger partial charge in [-0.2, -0.15) is 0 Å². The second-order valence-electron chi connectivity index (χ2n) is 5.92. The molecule has 0 spiro atoms. The molecule has 0 bridgehead atoms. The van der Waals surface area contributed by atoms with Gasteiger partial charge < -0.3 is 15.4 Å². The molecule has 1 heterocycles. The number of anilines is 1. The standard InChI is InChI=1S/C19H19FN2O3/c20-16-4-6-17(7-5-16)22-18(23)11-21-19(24)14-3-1-2-13(10-14)15-8-9-25-12-15/h1-7,10,15H,8-9,11-12H2,(H,21,24)(H,22,23). The minimum atomic E-state index is -0.376. The molecule has 25 heavy (non-hydrogen) atoms. The number of halogens is 1. The number of amides is 2. The number of nitrogens with one attached hydrogen (secondary N) is 2. The number of benzene rings is 2. The average molecular weight is 342 g/mol. The van der Waals surface area contributed by atoms with Crippen LogP contribution in [0.25, 0.3) is 0 Å². The summed E-state index contributed by atoms with van der Waals surface area (Å²) in [6, 6.07) is 12.8. The highest BCUT2D eigenvalue weighted by Gasteiger charge is 2.19. The fourth-order valence-electron chi connectivity index (χ4n) is 2.73. The van der Waals surface area contributed by atoms with Crippen molar-refractivity contribution >= 4 is 17.5 Å². The van der Waals surface area contributed by atoms with E-state index in [-0.39, 0.29) is 24.2 Å². The van der Waals surface area contributed by atoms with Crippen molar-refractivity contribution < 1.29 is 18.7 Å². The smallest absolute Gasteiger partial charge is 0.251 e. The summed E-state index contributed by atoms with van der Waals surface area (Å²) >= 11 is 0. The van der Waals surface area contributed by atoms with Crippen LogP contribution in [0.2, 0.25) is 0 Å². The van der Waals surface area contributed by atoms with E-state index in [0.29, 0.717) is 23.8 Å². The van der Waals surface area contributed by atoms with Gasteiger partial charge in [0, 0.05) is 23.8 Å². The summed E-state index contributed by atoms with van der Waals surface area (Å²) in [5.74, 6) is -0.747. The van der Waals surface area contributed by atoms with Gasteiger partial charge in [-0.1, -0.05) is 12.1 Å². The minimum Gasteiger partial charge on any atom is -0.381 e. The van der Waals surface area contributed by atoms with E-state index in [1.165, 1.54) is 24.3 Å².